The van der Waals surface area contributed by atoms with E-state index in [-0.39, 0.29) is 6.61 Å². The molecule has 1 aromatic rings. The first-order valence-electron chi connectivity index (χ1n) is 4.52. The van der Waals surface area contributed by atoms with Gasteiger partial charge in [-0.3, -0.25) is 0 Å². The summed E-state index contributed by atoms with van der Waals surface area (Å²) in [7, 11) is 0. The van der Waals surface area contributed by atoms with Crippen LogP contribution in [0.1, 0.15) is 12.8 Å². The topological polar surface area (TPSA) is 46.2 Å². The van der Waals surface area contributed by atoms with Gasteiger partial charge >= 0.3 is 0 Å². The summed E-state index contributed by atoms with van der Waals surface area (Å²) in [5, 5.41) is 9.31. The highest BCUT2D eigenvalue weighted by molar-refractivity contribution is 7.99. The van der Waals surface area contributed by atoms with Crippen molar-refractivity contribution < 1.29 is 5.11 Å². The summed E-state index contributed by atoms with van der Waals surface area (Å²) in [5.41, 5.74) is 6.27. The lowest BCUT2D eigenvalue weighted by Crippen LogP contribution is -1.87. The van der Waals surface area contributed by atoms with Crippen LogP contribution in [0.3, 0.4) is 0 Å². The Morgan fingerprint density at radius 1 is 1.36 bits per heavy atom. The van der Waals surface area contributed by atoms with E-state index in [0.717, 1.165) is 23.5 Å². The van der Waals surface area contributed by atoms with Crippen molar-refractivity contribution in [2.45, 2.75) is 17.7 Å². The minimum absolute atomic E-state index is 0.260. The fourth-order valence-electron chi connectivity index (χ4n) is 1.03. The minimum atomic E-state index is 0.260. The molecule has 4 heteroatoms. The highest BCUT2D eigenvalue weighted by Crippen LogP contribution is 2.29. The summed E-state index contributed by atoms with van der Waals surface area (Å²) < 4.78 is 0. The molecule has 0 unspecified atom stereocenters. The molecule has 78 valence electrons. The third-order valence-electron chi connectivity index (χ3n) is 1.77. The number of unbranched alkanes of at least 4 members (excludes halogenated alkanes) is 1. The predicted octanol–water partition coefficient (Wildman–Crippen LogP) is 2.79. The maximum Gasteiger partial charge on any atom is 0.0562 e. The molecular weight excluding hydrogens is 218 g/mol. The summed E-state index contributed by atoms with van der Waals surface area (Å²) in [6, 6.07) is 5.54. The summed E-state index contributed by atoms with van der Waals surface area (Å²) >= 11 is 7.69. The molecule has 0 heterocycles. The van der Waals surface area contributed by atoms with Crippen LogP contribution in [0.5, 0.6) is 0 Å². The van der Waals surface area contributed by atoms with Gasteiger partial charge in [-0.2, -0.15) is 0 Å². The quantitative estimate of drug-likeness (QED) is 0.465. The average Bonchev–Trinajstić information content (AvgIpc) is 2.15. The molecule has 2 nitrogen and oxygen atoms in total. The third-order valence-corrected chi connectivity index (χ3v) is 3.35. The van der Waals surface area contributed by atoms with Crippen LogP contribution in [0.4, 0.5) is 5.69 Å². The van der Waals surface area contributed by atoms with Gasteiger partial charge in [-0.05, 0) is 36.8 Å². The van der Waals surface area contributed by atoms with Gasteiger partial charge in [-0.25, -0.2) is 0 Å². The molecule has 0 aliphatic heterocycles. The Morgan fingerprint density at radius 2 is 2.14 bits per heavy atom. The van der Waals surface area contributed by atoms with Crippen molar-refractivity contribution in [2.75, 3.05) is 18.1 Å². The molecule has 0 saturated carbocycles. The van der Waals surface area contributed by atoms with Crippen molar-refractivity contribution in [3.8, 4) is 0 Å². The first kappa shape index (κ1) is 11.7. The van der Waals surface area contributed by atoms with Gasteiger partial charge in [0.25, 0.3) is 0 Å². The number of halogens is 1. The van der Waals surface area contributed by atoms with E-state index in [1.807, 2.05) is 12.1 Å². The predicted molar refractivity (Wildman–Crippen MR) is 62.9 cm³/mol. The fraction of sp³-hybridized carbons (Fsp3) is 0.400. The second-order valence-electron chi connectivity index (χ2n) is 2.97. The molecule has 0 bridgehead atoms. The average molecular weight is 232 g/mol. The van der Waals surface area contributed by atoms with Crippen LogP contribution in [-0.2, 0) is 0 Å². The van der Waals surface area contributed by atoms with Crippen LogP contribution >= 0.6 is 23.4 Å². The van der Waals surface area contributed by atoms with E-state index in [9.17, 15) is 0 Å². The van der Waals surface area contributed by atoms with E-state index < -0.39 is 0 Å². The monoisotopic (exact) mass is 231 g/mol. The zero-order valence-electron chi connectivity index (χ0n) is 7.87. The van der Waals surface area contributed by atoms with Crippen LogP contribution in [-0.4, -0.2) is 17.5 Å². The SMILES string of the molecule is Nc1ccc(SCCCCO)c(Cl)c1. The van der Waals surface area contributed by atoms with Gasteiger partial charge in [0, 0.05) is 17.2 Å². The molecule has 0 radical (unpaired) electrons. The number of nitrogen functional groups attached to an aromatic ring is 1. The van der Waals surface area contributed by atoms with Crippen molar-refractivity contribution in [3.05, 3.63) is 23.2 Å². The standard InChI is InChI=1S/C10H14ClNOS/c11-9-7-8(12)3-4-10(9)14-6-2-1-5-13/h3-4,7,13H,1-2,5-6,12H2. The normalized spacial score (nSPS) is 10.4. The van der Waals surface area contributed by atoms with E-state index in [0.29, 0.717) is 10.7 Å². The van der Waals surface area contributed by atoms with E-state index in [1.165, 1.54) is 0 Å². The van der Waals surface area contributed by atoms with E-state index in [2.05, 4.69) is 0 Å². The zero-order chi connectivity index (χ0) is 10.4. The lowest BCUT2D eigenvalue weighted by Gasteiger charge is -2.04. The van der Waals surface area contributed by atoms with Crippen LogP contribution in [0.25, 0.3) is 0 Å². The zero-order valence-corrected chi connectivity index (χ0v) is 9.44. The van der Waals surface area contributed by atoms with Gasteiger partial charge in [0.1, 0.15) is 0 Å². The Balaban J connectivity index is 2.42. The summed E-state index contributed by atoms with van der Waals surface area (Å²) in [6.45, 7) is 0.260. The summed E-state index contributed by atoms with van der Waals surface area (Å²) in [6.07, 6.45) is 1.85. The second kappa shape index (κ2) is 6.17. The number of benzene rings is 1. The number of aliphatic hydroxyl groups excluding tert-OH is 1. The smallest absolute Gasteiger partial charge is 0.0562 e. The van der Waals surface area contributed by atoms with E-state index in [1.54, 1.807) is 17.8 Å². The molecule has 0 spiro atoms. The van der Waals surface area contributed by atoms with Crippen LogP contribution in [0.15, 0.2) is 23.1 Å². The molecular formula is C10H14ClNOS. The van der Waals surface area contributed by atoms with Gasteiger partial charge in [0.15, 0.2) is 0 Å². The minimum Gasteiger partial charge on any atom is -0.399 e. The van der Waals surface area contributed by atoms with Crippen LogP contribution in [0, 0.1) is 0 Å². The lowest BCUT2D eigenvalue weighted by atomic mass is 10.3. The van der Waals surface area contributed by atoms with Crippen LogP contribution in [0.2, 0.25) is 5.02 Å². The third kappa shape index (κ3) is 3.78. The highest BCUT2D eigenvalue weighted by atomic mass is 35.5. The molecule has 0 saturated heterocycles. The molecule has 0 fully saturated rings. The largest absolute Gasteiger partial charge is 0.399 e. The summed E-state index contributed by atoms with van der Waals surface area (Å²) in [4.78, 5) is 1.05. The van der Waals surface area contributed by atoms with Crippen molar-refractivity contribution >= 4 is 29.1 Å². The van der Waals surface area contributed by atoms with Gasteiger partial charge in [0.2, 0.25) is 0 Å². The molecule has 0 aliphatic rings. The molecule has 0 aromatic heterocycles. The van der Waals surface area contributed by atoms with Gasteiger partial charge in [-0.15, -0.1) is 11.8 Å². The van der Waals surface area contributed by atoms with Crippen molar-refractivity contribution in [1.82, 2.24) is 0 Å². The van der Waals surface area contributed by atoms with E-state index >= 15 is 0 Å². The Bertz CT molecular complexity index is 293. The number of rotatable bonds is 5. The lowest BCUT2D eigenvalue weighted by molar-refractivity contribution is 0.287. The Labute approximate surface area is 93.5 Å². The van der Waals surface area contributed by atoms with Gasteiger partial charge < -0.3 is 10.8 Å². The van der Waals surface area contributed by atoms with Crippen molar-refractivity contribution in [3.63, 3.8) is 0 Å². The number of thioether (sulfide) groups is 1. The first-order chi connectivity index (χ1) is 6.74. The maximum absolute atomic E-state index is 8.60. The van der Waals surface area contributed by atoms with Crippen molar-refractivity contribution in [2.24, 2.45) is 0 Å². The number of anilines is 1. The number of aliphatic hydroxyl groups is 1. The van der Waals surface area contributed by atoms with Gasteiger partial charge in [0.05, 0.1) is 5.02 Å². The fourth-order valence-corrected chi connectivity index (χ4v) is 2.31. The molecule has 0 aliphatic carbocycles. The number of nitrogens with two attached hydrogens (primary N) is 1. The van der Waals surface area contributed by atoms with E-state index in [4.69, 9.17) is 22.4 Å². The number of hydrogen-bond acceptors (Lipinski definition) is 3. The Morgan fingerprint density at radius 3 is 2.79 bits per heavy atom. The second-order valence-corrected chi connectivity index (χ2v) is 4.51. The molecule has 1 aromatic carbocycles. The van der Waals surface area contributed by atoms with Gasteiger partial charge in [-0.1, -0.05) is 11.6 Å². The van der Waals surface area contributed by atoms with Crippen molar-refractivity contribution in [1.29, 1.82) is 0 Å². The molecule has 1 rings (SSSR count). The molecule has 14 heavy (non-hydrogen) atoms. The first-order valence-corrected chi connectivity index (χ1v) is 5.89. The Hall–Kier alpha value is -0.380. The molecule has 0 amide bonds. The maximum atomic E-state index is 8.60. The highest BCUT2D eigenvalue weighted by Gasteiger charge is 2.00. The molecule has 0 atom stereocenters. The summed E-state index contributed by atoms with van der Waals surface area (Å²) in [5.74, 6) is 0.976. The number of hydrogen-bond donors (Lipinski definition) is 2. The van der Waals surface area contributed by atoms with Crippen LogP contribution < -0.4 is 5.73 Å². The molecule has 3 N–H and O–H groups in total. The Kier molecular flexibility index (Phi) is 5.15.